The van der Waals surface area contributed by atoms with Crippen LogP contribution in [0.15, 0.2) is 0 Å². The molecule has 1 atom stereocenters. The van der Waals surface area contributed by atoms with Crippen molar-refractivity contribution in [1.29, 1.82) is 0 Å². The van der Waals surface area contributed by atoms with Crippen molar-refractivity contribution in [2.24, 2.45) is 5.92 Å². The summed E-state index contributed by atoms with van der Waals surface area (Å²) in [7, 11) is 0. The number of thioether (sulfide) groups is 1. The van der Waals surface area contributed by atoms with Crippen molar-refractivity contribution in [2.75, 3.05) is 31.7 Å². The van der Waals surface area contributed by atoms with Crippen LogP contribution < -0.4 is 10.6 Å². The number of carbonyl (C=O) groups is 2. The molecule has 0 radical (unpaired) electrons. The van der Waals surface area contributed by atoms with Gasteiger partial charge in [0.2, 0.25) is 0 Å². The normalized spacial score (nSPS) is 11.7. The minimum absolute atomic E-state index is 0.0783. The lowest BCUT2D eigenvalue weighted by molar-refractivity contribution is -0.147. The predicted molar refractivity (Wildman–Crippen MR) is 70.2 cm³/mol. The fourth-order valence-corrected chi connectivity index (χ4v) is 1.26. The number of esters is 1. The van der Waals surface area contributed by atoms with E-state index in [9.17, 15) is 9.59 Å². The average Bonchev–Trinajstić information content (AvgIpc) is 2.33. The third-order valence-electron chi connectivity index (χ3n) is 2.24. The van der Waals surface area contributed by atoms with Gasteiger partial charge >= 0.3 is 12.0 Å². The minimum atomic E-state index is -0.223. The molecule has 0 saturated carbocycles. The Morgan fingerprint density at radius 3 is 2.53 bits per heavy atom. The van der Waals surface area contributed by atoms with Crippen molar-refractivity contribution < 1.29 is 14.3 Å². The molecule has 0 aliphatic heterocycles. The van der Waals surface area contributed by atoms with Crippen LogP contribution >= 0.6 is 11.8 Å². The zero-order chi connectivity index (χ0) is 13.1. The molecular formula is C11H22N2O3S. The first-order valence-corrected chi connectivity index (χ1v) is 7.18. The van der Waals surface area contributed by atoms with Crippen molar-refractivity contribution in [3.8, 4) is 0 Å². The van der Waals surface area contributed by atoms with E-state index in [-0.39, 0.29) is 24.5 Å². The Bertz CT molecular complexity index is 237. The molecule has 17 heavy (non-hydrogen) atoms. The molecule has 100 valence electrons. The minimum Gasteiger partial charge on any atom is -0.464 e. The summed E-state index contributed by atoms with van der Waals surface area (Å²) in [6, 6.07) is -0.223. The monoisotopic (exact) mass is 262 g/mol. The molecule has 0 saturated heterocycles. The Balaban J connectivity index is 3.44. The number of carbonyl (C=O) groups excluding carboxylic acids is 2. The van der Waals surface area contributed by atoms with E-state index >= 15 is 0 Å². The quantitative estimate of drug-likeness (QED) is 0.510. The highest BCUT2D eigenvalue weighted by Gasteiger charge is 2.11. The van der Waals surface area contributed by atoms with E-state index in [0.29, 0.717) is 13.1 Å². The van der Waals surface area contributed by atoms with Crippen LogP contribution in [-0.2, 0) is 9.53 Å². The molecule has 0 aromatic carbocycles. The van der Waals surface area contributed by atoms with Gasteiger partial charge in [0.1, 0.15) is 6.61 Å². The van der Waals surface area contributed by atoms with E-state index in [2.05, 4.69) is 10.6 Å². The number of nitrogens with one attached hydrogen (secondary N) is 2. The molecule has 0 rings (SSSR count). The summed E-state index contributed by atoms with van der Waals surface area (Å²) in [5.74, 6) is 0.596. The summed E-state index contributed by atoms with van der Waals surface area (Å²) in [5, 5.41) is 5.31. The standard InChI is InChI=1S/C11H22N2O3S/c1-4-9(2)10(14)16-7-5-12-11(15)13-6-8-17-3/h9H,4-8H2,1-3H3,(H2,12,13,15). The van der Waals surface area contributed by atoms with Gasteiger partial charge in [-0.15, -0.1) is 0 Å². The molecule has 0 heterocycles. The van der Waals surface area contributed by atoms with Crippen molar-refractivity contribution in [1.82, 2.24) is 10.6 Å². The van der Waals surface area contributed by atoms with Crippen molar-refractivity contribution in [3.05, 3.63) is 0 Å². The Morgan fingerprint density at radius 2 is 1.94 bits per heavy atom. The third-order valence-corrected chi connectivity index (χ3v) is 2.85. The molecular weight excluding hydrogens is 240 g/mol. The topological polar surface area (TPSA) is 67.4 Å². The number of hydrogen-bond acceptors (Lipinski definition) is 4. The first-order valence-electron chi connectivity index (χ1n) is 5.79. The molecule has 2 N–H and O–H groups in total. The average molecular weight is 262 g/mol. The molecule has 0 fully saturated rings. The van der Waals surface area contributed by atoms with Gasteiger partial charge in [-0.2, -0.15) is 11.8 Å². The number of amides is 2. The lowest BCUT2D eigenvalue weighted by atomic mass is 10.1. The molecule has 0 aliphatic carbocycles. The van der Waals surface area contributed by atoms with Gasteiger partial charge in [-0.05, 0) is 12.7 Å². The first-order chi connectivity index (χ1) is 8.11. The number of hydrogen-bond donors (Lipinski definition) is 2. The number of urea groups is 1. The first kappa shape index (κ1) is 16.1. The summed E-state index contributed by atoms with van der Waals surface area (Å²) in [6.45, 7) is 4.96. The molecule has 0 aromatic heterocycles. The van der Waals surface area contributed by atoms with Crippen LogP contribution in [0.3, 0.4) is 0 Å². The van der Waals surface area contributed by atoms with Gasteiger partial charge in [-0.3, -0.25) is 4.79 Å². The van der Waals surface area contributed by atoms with Crippen LogP contribution in [0.25, 0.3) is 0 Å². The fraction of sp³-hybridized carbons (Fsp3) is 0.818. The predicted octanol–water partition coefficient (Wildman–Crippen LogP) is 1.24. The van der Waals surface area contributed by atoms with Gasteiger partial charge in [0.25, 0.3) is 0 Å². The van der Waals surface area contributed by atoms with Gasteiger partial charge in [-0.1, -0.05) is 13.8 Å². The molecule has 1 unspecified atom stereocenters. The van der Waals surface area contributed by atoms with E-state index in [4.69, 9.17) is 4.74 Å². The summed E-state index contributed by atoms with van der Waals surface area (Å²) in [6.07, 6.45) is 2.75. The Hall–Kier alpha value is -0.910. The molecule has 5 nitrogen and oxygen atoms in total. The lowest BCUT2D eigenvalue weighted by Crippen LogP contribution is -2.38. The van der Waals surface area contributed by atoms with Crippen LogP contribution in [0, 0.1) is 5.92 Å². The second kappa shape index (κ2) is 10.3. The van der Waals surface area contributed by atoms with Gasteiger partial charge in [0.05, 0.1) is 12.5 Å². The maximum absolute atomic E-state index is 11.3. The molecule has 6 heteroatoms. The van der Waals surface area contributed by atoms with Gasteiger partial charge in [-0.25, -0.2) is 4.79 Å². The van der Waals surface area contributed by atoms with Gasteiger partial charge in [0, 0.05) is 12.3 Å². The highest BCUT2D eigenvalue weighted by molar-refractivity contribution is 7.98. The number of rotatable bonds is 8. The van der Waals surface area contributed by atoms with E-state index in [1.807, 2.05) is 20.1 Å². The zero-order valence-electron chi connectivity index (χ0n) is 10.7. The maximum atomic E-state index is 11.3. The van der Waals surface area contributed by atoms with Gasteiger partial charge in [0.15, 0.2) is 0 Å². The van der Waals surface area contributed by atoms with Crippen LogP contribution in [0.4, 0.5) is 4.79 Å². The van der Waals surface area contributed by atoms with E-state index in [0.717, 1.165) is 12.2 Å². The Kier molecular flexibility index (Phi) is 9.71. The van der Waals surface area contributed by atoms with Crippen LogP contribution in [-0.4, -0.2) is 43.7 Å². The molecule has 0 aliphatic rings. The summed E-state index contributed by atoms with van der Waals surface area (Å²) < 4.78 is 4.99. The van der Waals surface area contributed by atoms with Crippen LogP contribution in [0.2, 0.25) is 0 Å². The summed E-state index contributed by atoms with van der Waals surface area (Å²) >= 11 is 1.67. The van der Waals surface area contributed by atoms with Crippen molar-refractivity contribution in [3.63, 3.8) is 0 Å². The lowest BCUT2D eigenvalue weighted by Gasteiger charge is -2.10. The molecule has 0 aromatic rings. The summed E-state index contributed by atoms with van der Waals surface area (Å²) in [4.78, 5) is 22.5. The van der Waals surface area contributed by atoms with Crippen molar-refractivity contribution >= 4 is 23.8 Å². The molecule has 2 amide bonds. The fourth-order valence-electron chi connectivity index (χ4n) is 0.954. The Labute approximate surface area is 107 Å². The third kappa shape index (κ3) is 8.85. The largest absolute Gasteiger partial charge is 0.464 e. The smallest absolute Gasteiger partial charge is 0.314 e. The SMILES string of the molecule is CCC(C)C(=O)OCCNC(=O)NCCSC. The van der Waals surface area contributed by atoms with Gasteiger partial charge < -0.3 is 15.4 Å². The highest BCUT2D eigenvalue weighted by Crippen LogP contribution is 2.02. The highest BCUT2D eigenvalue weighted by atomic mass is 32.2. The molecule has 0 spiro atoms. The van der Waals surface area contributed by atoms with Crippen molar-refractivity contribution in [2.45, 2.75) is 20.3 Å². The van der Waals surface area contributed by atoms with Crippen LogP contribution in [0.1, 0.15) is 20.3 Å². The Morgan fingerprint density at radius 1 is 1.29 bits per heavy atom. The van der Waals surface area contributed by atoms with Crippen LogP contribution in [0.5, 0.6) is 0 Å². The second-order valence-electron chi connectivity index (χ2n) is 3.65. The van der Waals surface area contributed by atoms with E-state index in [1.54, 1.807) is 11.8 Å². The molecule has 0 bridgehead atoms. The van der Waals surface area contributed by atoms with E-state index in [1.165, 1.54) is 0 Å². The van der Waals surface area contributed by atoms with E-state index < -0.39 is 0 Å². The zero-order valence-corrected chi connectivity index (χ0v) is 11.6. The second-order valence-corrected chi connectivity index (χ2v) is 4.64. The number of ether oxygens (including phenoxy) is 1. The maximum Gasteiger partial charge on any atom is 0.314 e. The summed E-state index contributed by atoms with van der Waals surface area (Å²) in [5.41, 5.74) is 0.